The number of ether oxygens (including phenoxy) is 1. The molecule has 160 valence electrons. The number of fused-ring (bicyclic) bond motifs is 2. The molecule has 0 radical (unpaired) electrons. The van der Waals surface area contributed by atoms with Gasteiger partial charge in [0.05, 0.1) is 30.5 Å². The van der Waals surface area contributed by atoms with Gasteiger partial charge in [-0.25, -0.2) is 9.97 Å². The number of nitrogens with zero attached hydrogens (tertiary/aromatic N) is 2. The number of carbonyl (C=O) groups excluding carboxylic acids is 2. The van der Waals surface area contributed by atoms with E-state index in [2.05, 4.69) is 20.6 Å². The van der Waals surface area contributed by atoms with Crippen molar-refractivity contribution in [3.05, 3.63) is 45.4 Å². The first kappa shape index (κ1) is 21.9. The Morgan fingerprint density at radius 2 is 1.26 bits per heavy atom. The number of thiazole rings is 2. The van der Waals surface area contributed by atoms with Crippen LogP contribution in [0.3, 0.4) is 0 Å². The average molecular weight is 495 g/mol. The van der Waals surface area contributed by atoms with Crippen LogP contribution < -0.4 is 10.6 Å². The number of halogens is 2. The van der Waals surface area contributed by atoms with Gasteiger partial charge < -0.3 is 4.74 Å². The molecule has 0 unspecified atom stereocenters. The van der Waals surface area contributed by atoms with Crippen LogP contribution in [-0.2, 0) is 14.3 Å². The molecule has 0 bridgehead atoms. The Morgan fingerprint density at radius 3 is 1.65 bits per heavy atom. The van der Waals surface area contributed by atoms with Gasteiger partial charge in [-0.2, -0.15) is 0 Å². The molecule has 7 nitrogen and oxygen atoms in total. The molecule has 11 heteroatoms. The number of aromatic nitrogens is 2. The monoisotopic (exact) mass is 494 g/mol. The van der Waals surface area contributed by atoms with Crippen LogP contribution in [0.2, 0.25) is 10.0 Å². The maximum Gasteiger partial charge on any atom is 0.252 e. The fraction of sp³-hybridized carbons (Fsp3) is 0.200. The molecule has 0 aliphatic carbocycles. The number of hydrogen-bond donors (Lipinski definition) is 2. The van der Waals surface area contributed by atoms with Gasteiger partial charge in [-0.1, -0.05) is 58.0 Å². The van der Waals surface area contributed by atoms with Crippen molar-refractivity contribution < 1.29 is 14.3 Å². The van der Waals surface area contributed by atoms with E-state index in [9.17, 15) is 9.59 Å². The topological polar surface area (TPSA) is 93.2 Å². The van der Waals surface area contributed by atoms with E-state index < -0.39 is 11.8 Å². The summed E-state index contributed by atoms with van der Waals surface area (Å²) in [6.45, 7) is 3.26. The molecule has 0 aliphatic heterocycles. The number of anilines is 2. The summed E-state index contributed by atoms with van der Waals surface area (Å²) >= 11 is 14.9. The van der Waals surface area contributed by atoms with Gasteiger partial charge in [0.25, 0.3) is 11.8 Å². The predicted molar refractivity (Wildman–Crippen MR) is 127 cm³/mol. The lowest BCUT2D eigenvalue weighted by molar-refractivity contribution is -0.125. The summed E-state index contributed by atoms with van der Waals surface area (Å²) in [6, 6.07) is 7.34. The highest BCUT2D eigenvalue weighted by Gasteiger charge is 2.14. The first-order valence-corrected chi connectivity index (χ1v) is 11.5. The quantitative estimate of drug-likeness (QED) is 0.373. The third-order valence-corrected chi connectivity index (χ3v) is 7.22. The summed E-state index contributed by atoms with van der Waals surface area (Å²) < 4.78 is 6.84. The fourth-order valence-corrected chi connectivity index (χ4v) is 5.32. The Kier molecular flexibility index (Phi) is 6.40. The highest BCUT2D eigenvalue weighted by atomic mass is 35.5. The van der Waals surface area contributed by atoms with Gasteiger partial charge >= 0.3 is 0 Å². The van der Waals surface area contributed by atoms with E-state index in [1.54, 1.807) is 12.1 Å². The van der Waals surface area contributed by atoms with Gasteiger partial charge in [-0.15, -0.1) is 0 Å². The van der Waals surface area contributed by atoms with Crippen molar-refractivity contribution in [3.63, 3.8) is 0 Å². The molecule has 2 heterocycles. The van der Waals surface area contributed by atoms with Crippen molar-refractivity contribution >= 4 is 88.4 Å². The maximum absolute atomic E-state index is 12.1. The summed E-state index contributed by atoms with van der Waals surface area (Å²) in [5.74, 6) is -0.828. The van der Waals surface area contributed by atoms with Crippen LogP contribution in [0.5, 0.6) is 0 Å². The van der Waals surface area contributed by atoms with E-state index in [0.717, 1.165) is 31.6 Å². The number of aryl methyl sites for hydroxylation is 2. The van der Waals surface area contributed by atoms with Crippen LogP contribution in [-0.4, -0.2) is 35.0 Å². The molecule has 2 aromatic carbocycles. The molecule has 4 aromatic rings. The summed E-state index contributed by atoms with van der Waals surface area (Å²) in [6.07, 6.45) is 0. The molecule has 0 spiro atoms. The van der Waals surface area contributed by atoms with Crippen LogP contribution in [0, 0.1) is 13.8 Å². The zero-order chi connectivity index (χ0) is 22.1. The molecule has 0 aliphatic rings. The van der Waals surface area contributed by atoms with Gasteiger partial charge in [0.15, 0.2) is 10.3 Å². The molecule has 0 fully saturated rings. The number of carbonyl (C=O) groups is 2. The standard InChI is InChI=1S/C20H16Cl2N4O3S2/c1-9-3-5-11(21)17-15(9)25-19(30-17)23-13(27)7-29-8-14(28)24-20-26-16-10(2)4-6-12(22)18(16)31-20/h3-6H,7-8H2,1-2H3,(H,23,25,27)(H,24,26,28). The first-order valence-electron chi connectivity index (χ1n) is 9.10. The van der Waals surface area contributed by atoms with Crippen LogP contribution in [0.25, 0.3) is 20.4 Å². The molecule has 2 amide bonds. The highest BCUT2D eigenvalue weighted by molar-refractivity contribution is 7.23. The van der Waals surface area contributed by atoms with E-state index in [0.29, 0.717) is 20.3 Å². The lowest BCUT2D eigenvalue weighted by Crippen LogP contribution is -2.23. The minimum Gasteiger partial charge on any atom is -0.362 e. The van der Waals surface area contributed by atoms with Crippen LogP contribution in [0.15, 0.2) is 24.3 Å². The molecule has 2 aromatic heterocycles. The Bertz CT molecular complexity index is 1140. The maximum atomic E-state index is 12.1. The van der Waals surface area contributed by atoms with E-state index >= 15 is 0 Å². The van der Waals surface area contributed by atoms with Gasteiger partial charge in [-0.3, -0.25) is 20.2 Å². The SMILES string of the molecule is Cc1ccc(Cl)c2sc(NC(=O)COCC(=O)Nc3nc4c(C)ccc(Cl)c4s3)nc12. The van der Waals surface area contributed by atoms with Gasteiger partial charge in [0.2, 0.25) is 0 Å². The van der Waals surface area contributed by atoms with Gasteiger partial charge in [-0.05, 0) is 37.1 Å². The summed E-state index contributed by atoms with van der Waals surface area (Å²) in [5.41, 5.74) is 3.43. The van der Waals surface area contributed by atoms with E-state index in [1.807, 2.05) is 26.0 Å². The lowest BCUT2D eigenvalue weighted by Gasteiger charge is -2.04. The predicted octanol–water partition coefficient (Wildman–Crippen LogP) is 5.42. The van der Waals surface area contributed by atoms with Crippen molar-refractivity contribution in [2.45, 2.75) is 13.8 Å². The molecular formula is C20H16Cl2N4O3S2. The molecule has 2 N–H and O–H groups in total. The van der Waals surface area contributed by atoms with E-state index in [4.69, 9.17) is 27.9 Å². The fourth-order valence-electron chi connectivity index (χ4n) is 2.86. The minimum absolute atomic E-state index is 0.291. The number of benzene rings is 2. The van der Waals surface area contributed by atoms with Crippen LogP contribution in [0.4, 0.5) is 10.3 Å². The van der Waals surface area contributed by atoms with Crippen molar-refractivity contribution in [2.75, 3.05) is 23.8 Å². The summed E-state index contributed by atoms with van der Waals surface area (Å²) in [4.78, 5) is 33.1. The zero-order valence-electron chi connectivity index (χ0n) is 16.4. The molecule has 0 saturated heterocycles. The van der Waals surface area contributed by atoms with Crippen molar-refractivity contribution in [1.29, 1.82) is 0 Å². The zero-order valence-corrected chi connectivity index (χ0v) is 19.6. The molecule has 4 rings (SSSR count). The second kappa shape index (κ2) is 9.05. The normalized spacial score (nSPS) is 11.2. The second-order valence-electron chi connectivity index (χ2n) is 6.71. The van der Waals surface area contributed by atoms with Crippen molar-refractivity contribution in [2.24, 2.45) is 0 Å². The number of hydrogen-bond acceptors (Lipinski definition) is 7. The smallest absolute Gasteiger partial charge is 0.252 e. The number of nitrogens with one attached hydrogen (secondary N) is 2. The summed E-state index contributed by atoms with van der Waals surface area (Å²) in [5, 5.41) is 7.34. The third kappa shape index (κ3) is 4.81. The van der Waals surface area contributed by atoms with Crippen molar-refractivity contribution in [1.82, 2.24) is 9.97 Å². The molecule has 0 atom stereocenters. The number of amides is 2. The molecule has 0 saturated carbocycles. The van der Waals surface area contributed by atoms with Crippen LogP contribution in [0.1, 0.15) is 11.1 Å². The summed E-state index contributed by atoms with van der Waals surface area (Å²) in [7, 11) is 0. The van der Waals surface area contributed by atoms with E-state index in [1.165, 1.54) is 22.7 Å². The largest absolute Gasteiger partial charge is 0.362 e. The van der Waals surface area contributed by atoms with Crippen LogP contribution >= 0.6 is 45.9 Å². The molecule has 31 heavy (non-hydrogen) atoms. The third-order valence-electron chi connectivity index (χ3n) is 4.35. The Labute approximate surface area is 195 Å². The highest BCUT2D eigenvalue weighted by Crippen LogP contribution is 2.34. The first-order chi connectivity index (χ1) is 14.8. The Morgan fingerprint density at radius 1 is 0.839 bits per heavy atom. The average Bonchev–Trinajstić information content (AvgIpc) is 3.33. The second-order valence-corrected chi connectivity index (χ2v) is 9.52. The minimum atomic E-state index is -0.414. The molecular weight excluding hydrogens is 479 g/mol. The van der Waals surface area contributed by atoms with Gasteiger partial charge in [0.1, 0.15) is 13.2 Å². The van der Waals surface area contributed by atoms with E-state index in [-0.39, 0.29) is 13.2 Å². The Balaban J connectivity index is 1.30. The number of rotatable bonds is 6. The lowest BCUT2D eigenvalue weighted by atomic mass is 10.2. The Hall–Kier alpha value is -2.30. The van der Waals surface area contributed by atoms with Crippen molar-refractivity contribution in [3.8, 4) is 0 Å². The van der Waals surface area contributed by atoms with Gasteiger partial charge in [0, 0.05) is 0 Å².